The second-order valence-electron chi connectivity index (χ2n) is 5.26. The first-order chi connectivity index (χ1) is 9.05. The fourth-order valence-electron chi connectivity index (χ4n) is 2.31. The van der Waals surface area contributed by atoms with Gasteiger partial charge in [0.2, 0.25) is 10.0 Å². The van der Waals surface area contributed by atoms with Crippen LogP contribution in [0.3, 0.4) is 0 Å². The van der Waals surface area contributed by atoms with Crippen molar-refractivity contribution in [2.45, 2.75) is 38.3 Å². The summed E-state index contributed by atoms with van der Waals surface area (Å²) in [5, 5.41) is 3.30. The SMILES string of the molecule is CC1CCC(NS(=O)(=O)CCc2ccccc2)CN1. The minimum absolute atomic E-state index is 0.0389. The molecule has 2 unspecified atom stereocenters. The number of piperidine rings is 1. The van der Waals surface area contributed by atoms with Crippen molar-refractivity contribution in [3.8, 4) is 0 Å². The van der Waals surface area contributed by atoms with E-state index in [1.807, 2.05) is 30.3 Å². The van der Waals surface area contributed by atoms with Gasteiger partial charge >= 0.3 is 0 Å². The first-order valence-electron chi connectivity index (χ1n) is 6.82. The molecule has 2 N–H and O–H groups in total. The van der Waals surface area contributed by atoms with Crippen molar-refractivity contribution in [2.75, 3.05) is 12.3 Å². The number of rotatable bonds is 5. The van der Waals surface area contributed by atoms with Gasteiger partial charge in [-0.15, -0.1) is 0 Å². The normalized spacial score (nSPS) is 24.3. The molecule has 0 bridgehead atoms. The Bertz CT molecular complexity index is 479. The Morgan fingerprint density at radius 1 is 1.26 bits per heavy atom. The van der Waals surface area contributed by atoms with Gasteiger partial charge in [-0.05, 0) is 31.7 Å². The van der Waals surface area contributed by atoms with E-state index in [9.17, 15) is 8.42 Å². The van der Waals surface area contributed by atoms with Crippen molar-refractivity contribution in [1.29, 1.82) is 0 Å². The van der Waals surface area contributed by atoms with E-state index in [-0.39, 0.29) is 11.8 Å². The Balaban J connectivity index is 1.82. The van der Waals surface area contributed by atoms with Crippen molar-refractivity contribution in [2.24, 2.45) is 0 Å². The molecule has 2 rings (SSSR count). The molecule has 1 aliphatic heterocycles. The lowest BCUT2D eigenvalue weighted by molar-refractivity contribution is 0.366. The van der Waals surface area contributed by atoms with Crippen LogP contribution in [0.1, 0.15) is 25.3 Å². The molecule has 1 aromatic rings. The predicted octanol–water partition coefficient (Wildman–Crippen LogP) is 1.29. The molecule has 106 valence electrons. The van der Waals surface area contributed by atoms with Crippen LogP contribution in [0.4, 0.5) is 0 Å². The largest absolute Gasteiger partial charge is 0.313 e. The summed E-state index contributed by atoms with van der Waals surface area (Å²) in [7, 11) is -3.19. The zero-order valence-electron chi connectivity index (χ0n) is 11.3. The zero-order valence-corrected chi connectivity index (χ0v) is 12.1. The van der Waals surface area contributed by atoms with Crippen LogP contribution in [0.15, 0.2) is 30.3 Å². The summed E-state index contributed by atoms with van der Waals surface area (Å²) in [4.78, 5) is 0. The van der Waals surface area contributed by atoms with Crippen LogP contribution in [0, 0.1) is 0 Å². The standard InChI is InChI=1S/C14H22N2O2S/c1-12-7-8-14(11-15-12)16-19(17,18)10-9-13-5-3-2-4-6-13/h2-6,12,14-16H,7-11H2,1H3. The molecule has 1 aromatic carbocycles. The van der Waals surface area contributed by atoms with E-state index < -0.39 is 10.0 Å². The van der Waals surface area contributed by atoms with Crippen LogP contribution in [-0.2, 0) is 16.4 Å². The lowest BCUT2D eigenvalue weighted by Crippen LogP contribution is -2.49. The smallest absolute Gasteiger partial charge is 0.212 e. The molecule has 0 spiro atoms. The Labute approximate surface area is 115 Å². The fourth-order valence-corrected chi connectivity index (χ4v) is 3.64. The van der Waals surface area contributed by atoms with Crippen molar-refractivity contribution < 1.29 is 8.42 Å². The van der Waals surface area contributed by atoms with Gasteiger partial charge in [0.15, 0.2) is 0 Å². The van der Waals surface area contributed by atoms with Crippen LogP contribution in [0.2, 0.25) is 0 Å². The van der Waals surface area contributed by atoms with Gasteiger partial charge in [-0.3, -0.25) is 0 Å². The molecule has 0 saturated carbocycles. The van der Waals surface area contributed by atoms with E-state index in [4.69, 9.17) is 0 Å². The van der Waals surface area contributed by atoms with Crippen molar-refractivity contribution in [3.05, 3.63) is 35.9 Å². The highest BCUT2D eigenvalue weighted by Crippen LogP contribution is 2.09. The zero-order chi connectivity index (χ0) is 13.7. The van der Waals surface area contributed by atoms with Crippen LogP contribution < -0.4 is 10.0 Å². The highest BCUT2D eigenvalue weighted by Gasteiger charge is 2.22. The van der Waals surface area contributed by atoms with E-state index in [2.05, 4.69) is 17.0 Å². The third-order valence-corrected chi connectivity index (χ3v) is 4.94. The van der Waals surface area contributed by atoms with Crippen molar-refractivity contribution >= 4 is 10.0 Å². The maximum absolute atomic E-state index is 12.0. The number of hydrogen-bond acceptors (Lipinski definition) is 3. The van der Waals surface area contributed by atoms with Gasteiger partial charge in [0, 0.05) is 18.6 Å². The number of aryl methyl sites for hydroxylation is 1. The van der Waals surface area contributed by atoms with E-state index in [1.165, 1.54) is 0 Å². The van der Waals surface area contributed by atoms with Gasteiger partial charge < -0.3 is 5.32 Å². The highest BCUT2D eigenvalue weighted by molar-refractivity contribution is 7.89. The van der Waals surface area contributed by atoms with E-state index in [0.717, 1.165) is 24.9 Å². The van der Waals surface area contributed by atoms with Crippen molar-refractivity contribution in [1.82, 2.24) is 10.0 Å². The summed E-state index contributed by atoms with van der Waals surface area (Å²) >= 11 is 0. The molecule has 1 fully saturated rings. The van der Waals surface area contributed by atoms with Crippen LogP contribution in [0.25, 0.3) is 0 Å². The van der Waals surface area contributed by atoms with E-state index in [1.54, 1.807) is 0 Å². The maximum Gasteiger partial charge on any atom is 0.212 e. The molecule has 19 heavy (non-hydrogen) atoms. The Hall–Kier alpha value is -0.910. The van der Waals surface area contributed by atoms with E-state index in [0.29, 0.717) is 12.5 Å². The molecule has 0 aromatic heterocycles. The minimum atomic E-state index is -3.19. The third kappa shape index (κ3) is 4.93. The molecular formula is C14H22N2O2S. The number of sulfonamides is 1. The molecule has 1 heterocycles. The van der Waals surface area contributed by atoms with Gasteiger partial charge in [0.25, 0.3) is 0 Å². The monoisotopic (exact) mass is 282 g/mol. The van der Waals surface area contributed by atoms with Crippen molar-refractivity contribution in [3.63, 3.8) is 0 Å². The number of benzene rings is 1. The van der Waals surface area contributed by atoms with E-state index >= 15 is 0 Å². The van der Waals surface area contributed by atoms with Gasteiger partial charge in [-0.25, -0.2) is 13.1 Å². The minimum Gasteiger partial charge on any atom is -0.313 e. The lowest BCUT2D eigenvalue weighted by Gasteiger charge is -2.28. The predicted molar refractivity (Wildman–Crippen MR) is 77.6 cm³/mol. The molecular weight excluding hydrogens is 260 g/mol. The average Bonchev–Trinajstić information content (AvgIpc) is 2.40. The lowest BCUT2D eigenvalue weighted by atomic mass is 10.0. The van der Waals surface area contributed by atoms with Crippen LogP contribution in [-0.4, -0.2) is 32.8 Å². The number of hydrogen-bond donors (Lipinski definition) is 2. The Morgan fingerprint density at radius 3 is 2.63 bits per heavy atom. The quantitative estimate of drug-likeness (QED) is 0.855. The second kappa shape index (κ2) is 6.50. The number of nitrogens with one attached hydrogen (secondary N) is 2. The summed E-state index contributed by atoms with van der Waals surface area (Å²) < 4.78 is 26.8. The molecule has 0 radical (unpaired) electrons. The fraction of sp³-hybridized carbons (Fsp3) is 0.571. The topological polar surface area (TPSA) is 58.2 Å². The second-order valence-corrected chi connectivity index (χ2v) is 7.13. The van der Waals surface area contributed by atoms with Gasteiger partial charge in [0.05, 0.1) is 5.75 Å². The summed E-state index contributed by atoms with van der Waals surface area (Å²) in [5.74, 6) is 0.156. The maximum atomic E-state index is 12.0. The van der Waals surface area contributed by atoms with Gasteiger partial charge in [-0.1, -0.05) is 30.3 Å². The molecule has 5 heteroatoms. The Kier molecular flexibility index (Phi) is 4.96. The van der Waals surface area contributed by atoms with Gasteiger partial charge in [0.1, 0.15) is 0 Å². The summed E-state index contributed by atoms with van der Waals surface area (Å²) in [6.07, 6.45) is 2.50. The third-order valence-electron chi connectivity index (χ3n) is 3.51. The van der Waals surface area contributed by atoms with Gasteiger partial charge in [-0.2, -0.15) is 0 Å². The summed E-state index contributed by atoms with van der Waals surface area (Å²) in [6, 6.07) is 10.2. The highest BCUT2D eigenvalue weighted by atomic mass is 32.2. The van der Waals surface area contributed by atoms with Crippen LogP contribution >= 0.6 is 0 Å². The summed E-state index contributed by atoms with van der Waals surface area (Å²) in [6.45, 7) is 2.85. The molecule has 0 amide bonds. The molecule has 1 saturated heterocycles. The molecule has 1 aliphatic rings. The Morgan fingerprint density at radius 2 is 2.00 bits per heavy atom. The van der Waals surface area contributed by atoms with Crippen LogP contribution in [0.5, 0.6) is 0 Å². The average molecular weight is 282 g/mol. The summed E-state index contributed by atoms with van der Waals surface area (Å²) in [5.41, 5.74) is 1.06. The molecule has 0 aliphatic carbocycles. The molecule has 4 nitrogen and oxygen atoms in total. The molecule has 2 atom stereocenters. The first-order valence-corrected chi connectivity index (χ1v) is 8.48. The first kappa shape index (κ1) is 14.5.